The summed E-state index contributed by atoms with van der Waals surface area (Å²) in [5, 5.41) is 0. The van der Waals surface area contributed by atoms with E-state index in [0.29, 0.717) is 0 Å². The number of hydrogen-bond donors (Lipinski definition) is 2. The van der Waals surface area contributed by atoms with Crippen molar-refractivity contribution in [2.45, 2.75) is 39.3 Å². The minimum absolute atomic E-state index is 0. The minimum atomic E-state index is -1.61. The molecule has 66 valence electrons. The van der Waals surface area contributed by atoms with Crippen molar-refractivity contribution in [3.63, 3.8) is 0 Å². The third kappa shape index (κ3) is 927. The third-order valence-corrected chi connectivity index (χ3v) is 0. The van der Waals surface area contributed by atoms with Crippen LogP contribution in [0.25, 0.3) is 0 Å². The topological polar surface area (TPSA) is 40.5 Å². The molecule has 0 saturated heterocycles. The van der Waals surface area contributed by atoms with Gasteiger partial charge in [-0.15, -0.1) is 0 Å². The second kappa shape index (κ2) is 6.49. The van der Waals surface area contributed by atoms with Gasteiger partial charge in [-0.2, -0.15) is 0 Å². The van der Waals surface area contributed by atoms with Gasteiger partial charge in [0.1, 0.15) is 0 Å². The smallest absolute Gasteiger partial charge is 0.179 e. The molecule has 0 aliphatic heterocycles. The molecule has 0 heterocycles. The van der Waals surface area contributed by atoms with Gasteiger partial charge in [-0.05, 0) is 39.3 Å². The number of rotatable bonds is 0. The van der Waals surface area contributed by atoms with Gasteiger partial charge < -0.3 is 9.59 Å². The molecule has 2 nitrogen and oxygen atoms in total. The van der Waals surface area contributed by atoms with E-state index in [1.807, 2.05) is 39.3 Å². The number of hydrogen-bond acceptors (Lipinski definition) is 2. The van der Waals surface area contributed by atoms with Crippen LogP contribution >= 0.6 is 0 Å². The van der Waals surface area contributed by atoms with Crippen LogP contribution in [0.1, 0.15) is 0 Å². The minimum Gasteiger partial charge on any atom is -0.433 e. The van der Waals surface area contributed by atoms with Gasteiger partial charge in [-0.1, -0.05) is 0 Å². The summed E-state index contributed by atoms with van der Waals surface area (Å²) in [6.45, 7) is 11.3. The van der Waals surface area contributed by atoms with Crippen LogP contribution in [0.3, 0.4) is 0 Å². The van der Waals surface area contributed by atoms with Crippen molar-refractivity contribution in [2.75, 3.05) is 0 Å². The third-order valence-electron chi connectivity index (χ3n) is 0. The van der Waals surface area contributed by atoms with E-state index in [1.165, 1.54) is 0 Å². The summed E-state index contributed by atoms with van der Waals surface area (Å²) in [7, 11) is -3.22. The first kappa shape index (κ1) is 17.9. The molecular weight excluding hydrogens is 226 g/mol. The maximum Gasteiger partial charge on any atom is 0.179 e. The Labute approximate surface area is 85.1 Å². The molecular formula is C6H20O2Si2Zn. The average Bonchev–Trinajstić information content (AvgIpc) is 1.12. The molecule has 0 amide bonds. The summed E-state index contributed by atoms with van der Waals surface area (Å²) in [6, 6.07) is 0. The predicted molar refractivity (Wildman–Crippen MR) is 51.1 cm³/mol. The Kier molecular flexibility index (Phi) is 10.6. The summed E-state index contributed by atoms with van der Waals surface area (Å²) in [5.74, 6) is 0. The monoisotopic (exact) mass is 244 g/mol. The second-order valence-electron chi connectivity index (χ2n) is 4.34. The van der Waals surface area contributed by atoms with Crippen molar-refractivity contribution in [3.05, 3.63) is 0 Å². The Morgan fingerprint density at radius 2 is 0.636 bits per heavy atom. The first-order valence-corrected chi connectivity index (χ1v) is 10.3. The molecule has 0 aromatic heterocycles. The summed E-state index contributed by atoms with van der Waals surface area (Å²) < 4.78 is 0. The molecule has 0 rings (SSSR count). The average molecular weight is 246 g/mol. The van der Waals surface area contributed by atoms with Crippen LogP contribution in [-0.4, -0.2) is 26.2 Å². The molecule has 0 aromatic rings. The molecule has 0 bridgehead atoms. The molecule has 0 radical (unpaired) electrons. The van der Waals surface area contributed by atoms with Gasteiger partial charge in [0.05, 0.1) is 0 Å². The van der Waals surface area contributed by atoms with Gasteiger partial charge in [-0.25, -0.2) is 0 Å². The van der Waals surface area contributed by atoms with Crippen molar-refractivity contribution < 1.29 is 29.1 Å². The summed E-state index contributed by atoms with van der Waals surface area (Å²) >= 11 is 0. The molecule has 5 heteroatoms. The van der Waals surface area contributed by atoms with Gasteiger partial charge >= 0.3 is 0 Å². The van der Waals surface area contributed by atoms with E-state index in [2.05, 4.69) is 0 Å². The van der Waals surface area contributed by atoms with E-state index in [9.17, 15) is 0 Å². The largest absolute Gasteiger partial charge is 0.433 e. The van der Waals surface area contributed by atoms with Gasteiger partial charge in [-0.3, -0.25) is 0 Å². The maximum absolute atomic E-state index is 8.66. The second-order valence-corrected chi connectivity index (χ2v) is 13.0. The zero-order valence-electron chi connectivity index (χ0n) is 8.60. The van der Waals surface area contributed by atoms with E-state index >= 15 is 0 Å². The van der Waals surface area contributed by atoms with Crippen LogP contribution < -0.4 is 0 Å². The molecule has 11 heavy (non-hydrogen) atoms. The molecule has 0 saturated carbocycles. The van der Waals surface area contributed by atoms with Crippen molar-refractivity contribution >= 4 is 16.6 Å². The molecule has 0 atom stereocenters. The van der Waals surface area contributed by atoms with Crippen LogP contribution in [0.15, 0.2) is 0 Å². The Bertz CT molecular complexity index is 61.6. The van der Waals surface area contributed by atoms with Crippen molar-refractivity contribution in [1.29, 1.82) is 0 Å². The SMILES string of the molecule is C[Si](C)(C)O.C[Si](C)(C)O.[Zn]. The van der Waals surface area contributed by atoms with Crippen LogP contribution in [-0.2, 0) is 19.5 Å². The first-order valence-electron chi connectivity index (χ1n) is 3.45. The molecule has 0 unspecified atom stereocenters. The molecule has 0 spiro atoms. The van der Waals surface area contributed by atoms with Gasteiger partial charge in [0.25, 0.3) is 0 Å². The molecule has 2 N–H and O–H groups in total. The van der Waals surface area contributed by atoms with E-state index in [4.69, 9.17) is 9.59 Å². The van der Waals surface area contributed by atoms with Crippen LogP contribution in [0.5, 0.6) is 0 Å². The zero-order chi connectivity index (χ0) is 9.00. The van der Waals surface area contributed by atoms with E-state index in [0.717, 1.165) is 0 Å². The Hall–Kier alpha value is 0.977. The van der Waals surface area contributed by atoms with E-state index in [-0.39, 0.29) is 19.5 Å². The summed E-state index contributed by atoms with van der Waals surface area (Å²) in [6.07, 6.45) is 0. The summed E-state index contributed by atoms with van der Waals surface area (Å²) in [4.78, 5) is 17.3. The Balaban J connectivity index is -0.000000107. The van der Waals surface area contributed by atoms with Gasteiger partial charge in [0.2, 0.25) is 0 Å². The predicted octanol–water partition coefficient (Wildman–Crippen LogP) is 1.62. The molecule has 0 aromatic carbocycles. The van der Waals surface area contributed by atoms with E-state index < -0.39 is 16.6 Å². The molecule has 0 aliphatic carbocycles. The van der Waals surface area contributed by atoms with Gasteiger partial charge in [0.15, 0.2) is 16.6 Å². The fraction of sp³-hybridized carbons (Fsp3) is 1.00. The normalized spacial score (nSPS) is 10.9. The molecule has 0 fully saturated rings. The summed E-state index contributed by atoms with van der Waals surface area (Å²) in [5.41, 5.74) is 0. The van der Waals surface area contributed by atoms with Crippen molar-refractivity contribution in [2.24, 2.45) is 0 Å². The standard InChI is InChI=1S/2C3H10OSi.Zn/c2*1-5(2,3)4;/h2*4H,1-3H3;. The Morgan fingerprint density at radius 3 is 0.636 bits per heavy atom. The molecule has 0 aliphatic rings. The maximum atomic E-state index is 8.66. The van der Waals surface area contributed by atoms with Crippen molar-refractivity contribution in [3.8, 4) is 0 Å². The van der Waals surface area contributed by atoms with Crippen LogP contribution in [0.2, 0.25) is 39.3 Å². The fourth-order valence-corrected chi connectivity index (χ4v) is 0. The van der Waals surface area contributed by atoms with E-state index in [1.54, 1.807) is 0 Å². The Morgan fingerprint density at radius 1 is 0.636 bits per heavy atom. The first-order chi connectivity index (χ1) is 4.00. The zero-order valence-corrected chi connectivity index (χ0v) is 13.6. The van der Waals surface area contributed by atoms with Gasteiger partial charge in [0, 0.05) is 19.5 Å². The quantitative estimate of drug-likeness (QED) is 0.637. The van der Waals surface area contributed by atoms with Crippen LogP contribution in [0, 0.1) is 0 Å². The fourth-order valence-electron chi connectivity index (χ4n) is 0. The van der Waals surface area contributed by atoms with Crippen LogP contribution in [0.4, 0.5) is 0 Å². The van der Waals surface area contributed by atoms with Crippen molar-refractivity contribution in [1.82, 2.24) is 0 Å².